The first-order chi connectivity index (χ1) is 8.81. The Bertz CT molecular complexity index is 487. The van der Waals surface area contributed by atoms with Gasteiger partial charge in [0.25, 0.3) is 0 Å². The highest BCUT2D eigenvalue weighted by Gasteiger charge is 2.13. The molecule has 94 valence electrons. The Morgan fingerprint density at radius 3 is 2.78 bits per heavy atom. The van der Waals surface area contributed by atoms with E-state index in [0.717, 1.165) is 29.1 Å². The zero-order valence-corrected chi connectivity index (χ0v) is 11.1. The minimum atomic E-state index is 0.110. The van der Waals surface area contributed by atoms with Gasteiger partial charge in [-0.2, -0.15) is 10.2 Å². The lowest BCUT2D eigenvalue weighted by atomic mass is 10.0. The summed E-state index contributed by atoms with van der Waals surface area (Å²) in [4.78, 5) is 0. The molecule has 0 saturated heterocycles. The van der Waals surface area contributed by atoms with E-state index in [2.05, 4.69) is 28.5 Å². The quantitative estimate of drug-likeness (QED) is 0.898. The van der Waals surface area contributed by atoms with Crippen molar-refractivity contribution in [1.82, 2.24) is 15.5 Å². The second-order valence-corrected chi connectivity index (χ2v) is 4.55. The topological polar surface area (TPSA) is 37.8 Å². The van der Waals surface area contributed by atoms with Gasteiger partial charge in [0.2, 0.25) is 0 Å². The fourth-order valence-corrected chi connectivity index (χ4v) is 2.07. The molecular formula is C14H16ClN3. The molecule has 0 aliphatic rings. The Hall–Kier alpha value is -1.45. The lowest BCUT2D eigenvalue weighted by Crippen LogP contribution is -2.23. The van der Waals surface area contributed by atoms with E-state index in [1.165, 1.54) is 0 Å². The van der Waals surface area contributed by atoms with Gasteiger partial charge in [0, 0.05) is 11.2 Å². The van der Waals surface area contributed by atoms with Crippen LogP contribution >= 0.6 is 11.6 Å². The lowest BCUT2D eigenvalue weighted by Gasteiger charge is -2.19. The first-order valence-electron chi connectivity index (χ1n) is 6.06. The van der Waals surface area contributed by atoms with Crippen molar-refractivity contribution in [3.8, 4) is 0 Å². The van der Waals surface area contributed by atoms with Crippen LogP contribution in [-0.2, 0) is 0 Å². The number of aromatic nitrogens is 2. The summed E-state index contributed by atoms with van der Waals surface area (Å²) < 4.78 is 0. The summed E-state index contributed by atoms with van der Waals surface area (Å²) in [5.41, 5.74) is 2.24. The van der Waals surface area contributed by atoms with E-state index in [4.69, 9.17) is 11.6 Å². The lowest BCUT2D eigenvalue weighted by molar-refractivity contribution is 0.595. The molecule has 4 heteroatoms. The van der Waals surface area contributed by atoms with Crippen LogP contribution in [0.2, 0.25) is 5.02 Å². The maximum Gasteiger partial charge on any atom is 0.0593 e. The zero-order chi connectivity index (χ0) is 12.8. The third-order valence-electron chi connectivity index (χ3n) is 2.72. The van der Waals surface area contributed by atoms with Gasteiger partial charge < -0.3 is 5.32 Å². The number of hydrogen-bond donors (Lipinski definition) is 1. The normalized spacial score (nSPS) is 12.3. The molecule has 0 aliphatic heterocycles. The van der Waals surface area contributed by atoms with Crippen LogP contribution in [0.3, 0.4) is 0 Å². The van der Waals surface area contributed by atoms with E-state index >= 15 is 0 Å². The summed E-state index contributed by atoms with van der Waals surface area (Å²) in [7, 11) is 0. The van der Waals surface area contributed by atoms with Crippen molar-refractivity contribution >= 4 is 11.6 Å². The van der Waals surface area contributed by atoms with Crippen molar-refractivity contribution < 1.29 is 0 Å². The van der Waals surface area contributed by atoms with Gasteiger partial charge in [0.05, 0.1) is 12.2 Å². The molecule has 0 amide bonds. The largest absolute Gasteiger partial charge is 0.306 e. The number of nitrogens with one attached hydrogen (secondary N) is 1. The highest BCUT2D eigenvalue weighted by Crippen LogP contribution is 2.23. The number of hydrogen-bond acceptors (Lipinski definition) is 3. The summed E-state index contributed by atoms with van der Waals surface area (Å²) in [6.45, 7) is 3.09. The molecule has 1 heterocycles. The first-order valence-corrected chi connectivity index (χ1v) is 6.44. The van der Waals surface area contributed by atoms with E-state index < -0.39 is 0 Å². The van der Waals surface area contributed by atoms with E-state index in [1.807, 2.05) is 24.3 Å². The Balaban J connectivity index is 2.31. The Morgan fingerprint density at radius 1 is 1.22 bits per heavy atom. The van der Waals surface area contributed by atoms with Gasteiger partial charge in [-0.15, -0.1) is 0 Å². The first kappa shape index (κ1) is 13.0. The summed E-state index contributed by atoms with van der Waals surface area (Å²) in [5.74, 6) is 0. The van der Waals surface area contributed by atoms with Crippen LogP contribution < -0.4 is 5.32 Å². The fourth-order valence-electron chi connectivity index (χ4n) is 1.87. The minimum Gasteiger partial charge on any atom is -0.306 e. The monoisotopic (exact) mass is 261 g/mol. The Morgan fingerprint density at radius 2 is 2.11 bits per heavy atom. The Labute approximate surface area is 112 Å². The van der Waals surface area contributed by atoms with Gasteiger partial charge in [-0.1, -0.05) is 30.7 Å². The third kappa shape index (κ3) is 3.28. The van der Waals surface area contributed by atoms with Crippen molar-refractivity contribution in [2.75, 3.05) is 6.54 Å². The molecule has 2 rings (SSSR count). The minimum absolute atomic E-state index is 0.110. The average Bonchev–Trinajstić information content (AvgIpc) is 2.40. The highest BCUT2D eigenvalue weighted by atomic mass is 35.5. The molecule has 1 aromatic heterocycles. The molecule has 2 aromatic rings. The summed E-state index contributed by atoms with van der Waals surface area (Å²) in [6, 6.07) is 9.98. The third-order valence-corrected chi connectivity index (χ3v) is 2.96. The molecule has 1 unspecified atom stereocenters. The van der Waals surface area contributed by atoms with E-state index in [-0.39, 0.29) is 6.04 Å². The predicted molar refractivity (Wildman–Crippen MR) is 73.6 cm³/mol. The SMILES string of the molecule is CCCNC(c1ccnnc1)c1cccc(Cl)c1. The van der Waals surface area contributed by atoms with E-state index in [1.54, 1.807) is 12.4 Å². The van der Waals surface area contributed by atoms with Crippen LogP contribution in [0, 0.1) is 0 Å². The molecule has 0 fully saturated rings. The van der Waals surface area contributed by atoms with Gasteiger partial charge in [0.1, 0.15) is 0 Å². The molecule has 1 aromatic carbocycles. The fraction of sp³-hybridized carbons (Fsp3) is 0.286. The van der Waals surface area contributed by atoms with E-state index in [0.29, 0.717) is 0 Å². The molecule has 0 spiro atoms. The predicted octanol–water partition coefficient (Wildman–Crippen LogP) is 3.22. The summed E-state index contributed by atoms with van der Waals surface area (Å²) in [5, 5.41) is 12.0. The average molecular weight is 262 g/mol. The van der Waals surface area contributed by atoms with Crippen LogP contribution in [0.25, 0.3) is 0 Å². The molecule has 1 atom stereocenters. The van der Waals surface area contributed by atoms with Crippen LogP contribution in [0.4, 0.5) is 0 Å². The molecule has 0 aliphatic carbocycles. The standard InChI is InChI=1S/C14H16ClN3/c1-2-7-16-14(12-6-8-17-18-10-12)11-4-3-5-13(15)9-11/h3-6,8-10,14,16H,2,7H2,1H3. The van der Waals surface area contributed by atoms with Crippen molar-refractivity contribution in [2.24, 2.45) is 0 Å². The molecule has 18 heavy (non-hydrogen) atoms. The Kier molecular flexibility index (Phi) is 4.67. The summed E-state index contributed by atoms with van der Waals surface area (Å²) >= 11 is 6.05. The van der Waals surface area contributed by atoms with Crippen LogP contribution in [0.1, 0.15) is 30.5 Å². The molecule has 1 N–H and O–H groups in total. The maximum absolute atomic E-state index is 6.05. The molecule has 0 radical (unpaired) electrons. The number of rotatable bonds is 5. The van der Waals surface area contributed by atoms with Crippen molar-refractivity contribution in [1.29, 1.82) is 0 Å². The van der Waals surface area contributed by atoms with E-state index in [9.17, 15) is 0 Å². The molecule has 0 bridgehead atoms. The number of nitrogens with zero attached hydrogens (tertiary/aromatic N) is 2. The van der Waals surface area contributed by atoms with Gasteiger partial charge in [-0.05, 0) is 42.3 Å². The second-order valence-electron chi connectivity index (χ2n) is 4.12. The van der Waals surface area contributed by atoms with Gasteiger partial charge in [-0.25, -0.2) is 0 Å². The van der Waals surface area contributed by atoms with Crippen molar-refractivity contribution in [3.63, 3.8) is 0 Å². The molecule has 0 saturated carbocycles. The van der Waals surface area contributed by atoms with Gasteiger partial charge >= 0.3 is 0 Å². The number of benzene rings is 1. The smallest absolute Gasteiger partial charge is 0.0593 e. The zero-order valence-electron chi connectivity index (χ0n) is 10.3. The van der Waals surface area contributed by atoms with Crippen LogP contribution in [0.5, 0.6) is 0 Å². The van der Waals surface area contributed by atoms with Crippen molar-refractivity contribution in [2.45, 2.75) is 19.4 Å². The van der Waals surface area contributed by atoms with Gasteiger partial charge in [-0.3, -0.25) is 0 Å². The maximum atomic E-state index is 6.05. The van der Waals surface area contributed by atoms with Crippen LogP contribution in [-0.4, -0.2) is 16.7 Å². The number of halogens is 1. The van der Waals surface area contributed by atoms with Crippen molar-refractivity contribution in [3.05, 3.63) is 58.9 Å². The molecular weight excluding hydrogens is 246 g/mol. The summed E-state index contributed by atoms with van der Waals surface area (Å²) in [6.07, 6.45) is 4.57. The van der Waals surface area contributed by atoms with Gasteiger partial charge in [0.15, 0.2) is 0 Å². The van der Waals surface area contributed by atoms with Crippen LogP contribution in [0.15, 0.2) is 42.7 Å². The highest BCUT2D eigenvalue weighted by molar-refractivity contribution is 6.30. The second kappa shape index (κ2) is 6.47. The molecule has 3 nitrogen and oxygen atoms in total.